The van der Waals surface area contributed by atoms with E-state index in [1.54, 1.807) is 12.4 Å². The summed E-state index contributed by atoms with van der Waals surface area (Å²) >= 11 is 0. The van der Waals surface area contributed by atoms with E-state index in [-0.39, 0.29) is 24.0 Å². The molecule has 0 aliphatic carbocycles. The molecule has 0 spiro atoms. The molecule has 3 heterocycles. The number of guanidine groups is 1. The zero-order chi connectivity index (χ0) is 20.8. The van der Waals surface area contributed by atoms with Crippen molar-refractivity contribution in [3.63, 3.8) is 0 Å². The van der Waals surface area contributed by atoms with Crippen LogP contribution in [0.3, 0.4) is 0 Å². The van der Waals surface area contributed by atoms with Crippen LogP contribution in [0.25, 0.3) is 0 Å². The number of nitrogens with one attached hydrogen (secondary N) is 1. The number of rotatable bonds is 7. The third kappa shape index (κ3) is 5.66. The number of hydrogen-bond acceptors (Lipinski definition) is 4. The highest BCUT2D eigenvalue weighted by atomic mass is 127. The van der Waals surface area contributed by atoms with Crippen molar-refractivity contribution in [1.29, 1.82) is 0 Å². The van der Waals surface area contributed by atoms with Crippen molar-refractivity contribution >= 4 is 41.5 Å². The zero-order valence-corrected chi connectivity index (χ0v) is 20.2. The molecule has 1 unspecified atom stereocenters. The third-order valence-electron chi connectivity index (χ3n) is 5.74. The van der Waals surface area contributed by atoms with E-state index in [1.807, 2.05) is 24.1 Å². The van der Waals surface area contributed by atoms with Gasteiger partial charge < -0.3 is 19.9 Å². The van der Waals surface area contributed by atoms with Crippen molar-refractivity contribution in [3.8, 4) is 5.75 Å². The van der Waals surface area contributed by atoms with Crippen LogP contribution in [0.2, 0.25) is 0 Å². The van der Waals surface area contributed by atoms with Crippen LogP contribution in [0.15, 0.2) is 53.8 Å². The quantitative estimate of drug-likeness (QED) is 0.255. The second-order valence-electron chi connectivity index (χ2n) is 7.65. The van der Waals surface area contributed by atoms with E-state index >= 15 is 0 Å². The fourth-order valence-corrected chi connectivity index (χ4v) is 4.25. The lowest BCUT2D eigenvalue weighted by molar-refractivity contribution is -0.127. The number of aliphatic imine (C=N–C) groups is 1. The summed E-state index contributed by atoms with van der Waals surface area (Å²) in [5, 5.41) is 3.41. The molecule has 166 valence electrons. The van der Waals surface area contributed by atoms with Gasteiger partial charge in [-0.15, -0.1) is 24.0 Å². The number of hydrogen-bond donors (Lipinski definition) is 1. The SMILES string of the molecule is CN=C(NCCOc1cccnc1)N1CC(CCN2CCCC2=O)c2ccccc21.I. The fourth-order valence-electron chi connectivity index (χ4n) is 4.25. The van der Waals surface area contributed by atoms with Crippen LogP contribution in [-0.4, -0.2) is 61.6 Å². The molecule has 1 amide bonds. The van der Waals surface area contributed by atoms with Crippen molar-refractivity contribution in [2.75, 3.05) is 44.7 Å². The molecule has 7 nitrogen and oxygen atoms in total. The van der Waals surface area contributed by atoms with Crippen molar-refractivity contribution in [2.24, 2.45) is 4.99 Å². The molecule has 1 fully saturated rings. The summed E-state index contributed by atoms with van der Waals surface area (Å²) in [6.07, 6.45) is 6.10. The second kappa shape index (κ2) is 11.3. The molecule has 1 N–H and O–H groups in total. The highest BCUT2D eigenvalue weighted by Crippen LogP contribution is 2.38. The average Bonchev–Trinajstić information content (AvgIpc) is 3.36. The van der Waals surface area contributed by atoms with Gasteiger partial charge in [-0.25, -0.2) is 0 Å². The maximum Gasteiger partial charge on any atom is 0.222 e. The minimum Gasteiger partial charge on any atom is -0.490 e. The lowest BCUT2D eigenvalue weighted by atomic mass is 9.98. The molecule has 1 aromatic heterocycles. The minimum absolute atomic E-state index is 0. The minimum atomic E-state index is 0. The van der Waals surface area contributed by atoms with E-state index in [9.17, 15) is 4.79 Å². The number of likely N-dealkylation sites (tertiary alicyclic amines) is 1. The zero-order valence-electron chi connectivity index (χ0n) is 17.9. The van der Waals surface area contributed by atoms with Gasteiger partial charge in [-0.05, 0) is 36.6 Å². The maximum atomic E-state index is 12.0. The van der Waals surface area contributed by atoms with E-state index in [0.29, 0.717) is 31.4 Å². The monoisotopic (exact) mass is 535 g/mol. The Balaban J connectivity index is 0.00000272. The van der Waals surface area contributed by atoms with Gasteiger partial charge in [0, 0.05) is 50.9 Å². The number of ether oxygens (including phenoxy) is 1. The summed E-state index contributed by atoms with van der Waals surface area (Å²) in [5.74, 6) is 2.29. The average molecular weight is 535 g/mol. The Kier molecular flexibility index (Phi) is 8.51. The second-order valence-corrected chi connectivity index (χ2v) is 7.65. The van der Waals surface area contributed by atoms with Gasteiger partial charge in [-0.2, -0.15) is 0 Å². The Morgan fingerprint density at radius 1 is 1.29 bits per heavy atom. The molecule has 31 heavy (non-hydrogen) atoms. The number of benzene rings is 1. The summed E-state index contributed by atoms with van der Waals surface area (Å²) < 4.78 is 5.72. The summed E-state index contributed by atoms with van der Waals surface area (Å²) in [4.78, 5) is 24.8. The number of fused-ring (bicyclic) bond motifs is 1. The Morgan fingerprint density at radius 2 is 2.16 bits per heavy atom. The predicted octanol–water partition coefficient (Wildman–Crippen LogP) is 3.27. The topological polar surface area (TPSA) is 70.1 Å². The molecule has 2 aliphatic heterocycles. The Bertz CT molecular complexity index is 893. The van der Waals surface area contributed by atoms with E-state index < -0.39 is 0 Å². The summed E-state index contributed by atoms with van der Waals surface area (Å²) in [7, 11) is 1.81. The van der Waals surface area contributed by atoms with E-state index in [0.717, 1.165) is 44.2 Å². The first kappa shape index (κ1) is 23.3. The van der Waals surface area contributed by atoms with Crippen LogP contribution in [0.1, 0.15) is 30.7 Å². The summed E-state index contributed by atoms with van der Waals surface area (Å²) in [5.41, 5.74) is 2.52. The largest absolute Gasteiger partial charge is 0.490 e. The highest BCUT2D eigenvalue weighted by molar-refractivity contribution is 14.0. The molecule has 8 heteroatoms. The Hall–Kier alpha value is -2.36. The van der Waals surface area contributed by atoms with Gasteiger partial charge in [0.15, 0.2) is 5.96 Å². The van der Waals surface area contributed by atoms with Crippen LogP contribution in [0.5, 0.6) is 5.75 Å². The van der Waals surface area contributed by atoms with Crippen LogP contribution < -0.4 is 15.0 Å². The van der Waals surface area contributed by atoms with Gasteiger partial charge in [0.05, 0.1) is 12.7 Å². The van der Waals surface area contributed by atoms with Gasteiger partial charge >= 0.3 is 0 Å². The maximum absolute atomic E-state index is 12.0. The molecule has 1 atom stereocenters. The number of pyridine rings is 1. The number of carbonyl (C=O) groups is 1. The normalized spacial score (nSPS) is 18.0. The molecule has 0 bridgehead atoms. The van der Waals surface area contributed by atoms with Gasteiger partial charge in [-0.1, -0.05) is 18.2 Å². The number of anilines is 1. The standard InChI is InChI=1S/C23H29N5O2.HI/c1-24-23(26-12-15-30-19-6-4-11-25-16-19)28-17-18(20-7-2-3-8-21(20)28)10-14-27-13-5-9-22(27)29;/h2-4,6-8,11,16,18H,5,9-10,12-15,17H2,1H3,(H,24,26);1H. The first-order valence-corrected chi connectivity index (χ1v) is 10.6. The van der Waals surface area contributed by atoms with Gasteiger partial charge in [0.2, 0.25) is 5.91 Å². The van der Waals surface area contributed by atoms with Gasteiger partial charge in [0.1, 0.15) is 12.4 Å². The van der Waals surface area contributed by atoms with Crippen LogP contribution in [-0.2, 0) is 4.79 Å². The first-order chi connectivity index (χ1) is 14.8. The van der Waals surface area contributed by atoms with E-state index in [1.165, 1.54) is 11.3 Å². The van der Waals surface area contributed by atoms with Gasteiger partial charge in [-0.3, -0.25) is 14.8 Å². The summed E-state index contributed by atoms with van der Waals surface area (Å²) in [6, 6.07) is 12.3. The summed E-state index contributed by atoms with van der Waals surface area (Å²) in [6.45, 7) is 3.77. The molecule has 4 rings (SSSR count). The molecule has 0 saturated carbocycles. The van der Waals surface area contributed by atoms with Crippen molar-refractivity contribution in [3.05, 3.63) is 54.4 Å². The number of nitrogens with zero attached hydrogens (tertiary/aromatic N) is 4. The lowest BCUT2D eigenvalue weighted by Crippen LogP contribution is -2.42. The fraction of sp³-hybridized carbons (Fsp3) is 0.435. The predicted molar refractivity (Wildman–Crippen MR) is 133 cm³/mol. The molecule has 1 aromatic carbocycles. The lowest BCUT2D eigenvalue weighted by Gasteiger charge is -2.23. The van der Waals surface area contributed by atoms with Crippen molar-refractivity contribution in [2.45, 2.75) is 25.2 Å². The smallest absolute Gasteiger partial charge is 0.222 e. The third-order valence-corrected chi connectivity index (χ3v) is 5.74. The van der Waals surface area contributed by atoms with Crippen LogP contribution in [0.4, 0.5) is 5.69 Å². The number of carbonyl (C=O) groups excluding carboxylic acids is 1. The molecular weight excluding hydrogens is 505 g/mol. The van der Waals surface area contributed by atoms with Crippen molar-refractivity contribution in [1.82, 2.24) is 15.2 Å². The molecule has 0 radical (unpaired) electrons. The molecule has 2 aliphatic rings. The molecule has 1 saturated heterocycles. The molecular formula is C23H30IN5O2. The van der Waals surface area contributed by atoms with E-state index in [2.05, 4.69) is 44.5 Å². The van der Waals surface area contributed by atoms with Crippen molar-refractivity contribution < 1.29 is 9.53 Å². The van der Waals surface area contributed by atoms with Crippen LogP contribution >= 0.6 is 24.0 Å². The van der Waals surface area contributed by atoms with Gasteiger partial charge in [0.25, 0.3) is 0 Å². The first-order valence-electron chi connectivity index (χ1n) is 10.6. The number of aromatic nitrogens is 1. The molecule has 2 aromatic rings. The highest BCUT2D eigenvalue weighted by Gasteiger charge is 2.32. The Morgan fingerprint density at radius 3 is 2.90 bits per heavy atom. The number of halogens is 1. The number of para-hydroxylation sites is 1. The Labute approximate surface area is 200 Å². The van der Waals surface area contributed by atoms with Crippen LogP contribution in [0, 0.1) is 0 Å². The van der Waals surface area contributed by atoms with E-state index in [4.69, 9.17) is 4.74 Å². The number of amides is 1.